The van der Waals surface area contributed by atoms with Gasteiger partial charge in [-0.1, -0.05) is 32.4 Å². The molecule has 1 fully saturated rings. The van der Waals surface area contributed by atoms with Crippen LogP contribution in [0.4, 0.5) is 0 Å². The van der Waals surface area contributed by atoms with Crippen molar-refractivity contribution in [1.29, 1.82) is 0 Å². The molecule has 1 aliphatic rings. The molecular weight excluding hydrogens is 236 g/mol. The molecule has 2 heteroatoms. The summed E-state index contributed by atoms with van der Waals surface area (Å²) < 4.78 is 5.34. The number of hydrogen-bond acceptors (Lipinski definition) is 2. The molecule has 1 aromatic carbocycles. The summed E-state index contributed by atoms with van der Waals surface area (Å²) in [5, 5.41) is 0. The lowest BCUT2D eigenvalue weighted by molar-refractivity contribution is -0.109. The van der Waals surface area contributed by atoms with E-state index in [1.165, 1.54) is 18.4 Å². The number of benzene rings is 1. The van der Waals surface area contributed by atoms with Gasteiger partial charge >= 0.3 is 0 Å². The number of hydrogen-bond donors (Lipinski definition) is 0. The summed E-state index contributed by atoms with van der Waals surface area (Å²) in [5.41, 5.74) is 2.61. The number of aryl methyl sites for hydroxylation is 1. The first-order valence-electron chi connectivity index (χ1n) is 7.06. The lowest BCUT2D eigenvalue weighted by atomic mass is 9.62. The highest BCUT2D eigenvalue weighted by Crippen LogP contribution is 2.56. The number of methoxy groups -OCH3 is 1. The van der Waals surface area contributed by atoms with Crippen LogP contribution in [0, 0.1) is 12.3 Å². The van der Waals surface area contributed by atoms with Crippen LogP contribution < -0.4 is 4.74 Å². The van der Waals surface area contributed by atoms with Crippen LogP contribution in [0.5, 0.6) is 5.75 Å². The molecule has 1 saturated carbocycles. The van der Waals surface area contributed by atoms with E-state index in [0.717, 1.165) is 24.0 Å². The maximum Gasteiger partial charge on any atom is 0.121 e. The first kappa shape index (κ1) is 14.1. The first-order valence-corrected chi connectivity index (χ1v) is 7.06. The van der Waals surface area contributed by atoms with Gasteiger partial charge in [-0.05, 0) is 42.4 Å². The van der Waals surface area contributed by atoms with Crippen molar-refractivity contribution < 1.29 is 9.53 Å². The molecule has 0 radical (unpaired) electrons. The zero-order valence-electron chi connectivity index (χ0n) is 12.5. The Morgan fingerprint density at radius 3 is 2.53 bits per heavy atom. The van der Waals surface area contributed by atoms with E-state index in [1.807, 2.05) is 6.07 Å². The van der Waals surface area contributed by atoms with Crippen LogP contribution in [0.2, 0.25) is 0 Å². The maximum absolute atomic E-state index is 11.2. The minimum Gasteiger partial charge on any atom is -0.496 e. The third kappa shape index (κ3) is 2.18. The van der Waals surface area contributed by atoms with E-state index in [1.54, 1.807) is 7.11 Å². The molecule has 0 aromatic heterocycles. The van der Waals surface area contributed by atoms with E-state index in [0.29, 0.717) is 6.42 Å². The maximum atomic E-state index is 11.2. The van der Waals surface area contributed by atoms with E-state index in [9.17, 15) is 4.79 Å². The second-order valence-corrected chi connectivity index (χ2v) is 6.37. The van der Waals surface area contributed by atoms with E-state index in [-0.39, 0.29) is 10.8 Å². The number of rotatable bonds is 4. The summed E-state index contributed by atoms with van der Waals surface area (Å²) in [6.07, 6.45) is 5.20. The Balaban J connectivity index is 2.51. The highest BCUT2D eigenvalue weighted by atomic mass is 16.5. The Labute approximate surface area is 116 Å². The molecule has 104 valence electrons. The van der Waals surface area contributed by atoms with Crippen molar-refractivity contribution >= 4 is 6.29 Å². The van der Waals surface area contributed by atoms with Crippen LogP contribution in [-0.2, 0) is 10.2 Å². The van der Waals surface area contributed by atoms with Crippen molar-refractivity contribution in [2.24, 2.45) is 5.41 Å². The zero-order chi connectivity index (χ0) is 14.1. The van der Waals surface area contributed by atoms with Gasteiger partial charge < -0.3 is 9.53 Å². The monoisotopic (exact) mass is 260 g/mol. The van der Waals surface area contributed by atoms with Gasteiger partial charge in [0.15, 0.2) is 0 Å². The molecule has 0 unspecified atom stereocenters. The number of carbonyl (C=O) groups is 1. The van der Waals surface area contributed by atoms with Gasteiger partial charge in [-0.2, -0.15) is 0 Å². The van der Waals surface area contributed by atoms with Crippen LogP contribution in [-0.4, -0.2) is 13.4 Å². The van der Waals surface area contributed by atoms with E-state index < -0.39 is 0 Å². The Hall–Kier alpha value is -1.31. The average molecular weight is 260 g/mol. The standard InChI is InChI=1S/C17H24O2/c1-13-12-14(6-7-15(13)19-4)17(10-11-18)9-5-8-16(17,2)3/h6-7,11-12H,5,8-10H2,1-4H3/t17-/m1/s1. The second kappa shape index (κ2) is 4.99. The van der Waals surface area contributed by atoms with Gasteiger partial charge in [0, 0.05) is 11.8 Å². The van der Waals surface area contributed by atoms with Crippen LogP contribution in [0.15, 0.2) is 18.2 Å². The molecule has 0 spiro atoms. The fraction of sp³-hybridized carbons (Fsp3) is 0.588. The van der Waals surface area contributed by atoms with Crippen LogP contribution in [0.1, 0.15) is 50.7 Å². The van der Waals surface area contributed by atoms with Crippen molar-refractivity contribution in [3.8, 4) is 5.75 Å². The Kier molecular flexibility index (Phi) is 3.71. The molecule has 2 rings (SSSR count). The van der Waals surface area contributed by atoms with Gasteiger partial charge in [-0.15, -0.1) is 0 Å². The topological polar surface area (TPSA) is 26.3 Å². The van der Waals surface area contributed by atoms with Crippen molar-refractivity contribution in [3.05, 3.63) is 29.3 Å². The molecule has 19 heavy (non-hydrogen) atoms. The molecule has 0 N–H and O–H groups in total. The van der Waals surface area contributed by atoms with Crippen molar-refractivity contribution in [2.45, 2.75) is 51.9 Å². The minimum absolute atomic E-state index is 0.00815. The largest absolute Gasteiger partial charge is 0.496 e. The van der Waals surface area contributed by atoms with Crippen LogP contribution in [0.3, 0.4) is 0 Å². The molecule has 0 amide bonds. The zero-order valence-corrected chi connectivity index (χ0v) is 12.5. The molecule has 0 aliphatic heterocycles. The van der Waals surface area contributed by atoms with Gasteiger partial charge in [0.05, 0.1) is 7.11 Å². The normalized spacial score (nSPS) is 25.3. The van der Waals surface area contributed by atoms with Gasteiger partial charge in [-0.3, -0.25) is 0 Å². The molecule has 1 atom stereocenters. The van der Waals surface area contributed by atoms with Crippen LogP contribution >= 0.6 is 0 Å². The number of aldehydes is 1. The predicted octanol–water partition coefficient (Wildman–Crippen LogP) is 4.04. The Morgan fingerprint density at radius 2 is 2.05 bits per heavy atom. The minimum atomic E-state index is -0.00815. The highest BCUT2D eigenvalue weighted by molar-refractivity contribution is 5.55. The van der Waals surface area contributed by atoms with Crippen LogP contribution in [0.25, 0.3) is 0 Å². The molecule has 1 aromatic rings. The fourth-order valence-electron chi connectivity index (χ4n) is 3.76. The third-order valence-corrected chi connectivity index (χ3v) is 5.08. The average Bonchev–Trinajstić information content (AvgIpc) is 2.66. The van der Waals surface area contributed by atoms with E-state index in [2.05, 4.69) is 32.9 Å². The van der Waals surface area contributed by atoms with Gasteiger partial charge in [-0.25, -0.2) is 0 Å². The highest BCUT2D eigenvalue weighted by Gasteiger charge is 2.49. The summed E-state index contributed by atoms with van der Waals surface area (Å²) in [5.74, 6) is 0.917. The van der Waals surface area contributed by atoms with Crippen molar-refractivity contribution in [2.75, 3.05) is 7.11 Å². The number of ether oxygens (including phenoxy) is 1. The second-order valence-electron chi connectivity index (χ2n) is 6.37. The van der Waals surface area contributed by atoms with Gasteiger partial charge in [0.25, 0.3) is 0 Å². The summed E-state index contributed by atoms with van der Waals surface area (Å²) in [6.45, 7) is 6.66. The van der Waals surface area contributed by atoms with E-state index in [4.69, 9.17) is 4.74 Å². The molecule has 0 bridgehead atoms. The Bertz CT molecular complexity index is 476. The fourth-order valence-corrected chi connectivity index (χ4v) is 3.76. The molecule has 0 saturated heterocycles. The number of carbonyl (C=O) groups excluding carboxylic acids is 1. The van der Waals surface area contributed by atoms with Crippen molar-refractivity contribution in [1.82, 2.24) is 0 Å². The summed E-state index contributed by atoms with van der Waals surface area (Å²) in [4.78, 5) is 11.2. The van der Waals surface area contributed by atoms with E-state index >= 15 is 0 Å². The summed E-state index contributed by atoms with van der Waals surface area (Å²) in [6, 6.07) is 6.38. The SMILES string of the molecule is COc1ccc([C@]2(CC=O)CCCC2(C)C)cc1C. The predicted molar refractivity (Wildman–Crippen MR) is 77.7 cm³/mol. The molecule has 2 nitrogen and oxygen atoms in total. The third-order valence-electron chi connectivity index (χ3n) is 5.08. The first-order chi connectivity index (χ1) is 8.97. The lowest BCUT2D eigenvalue weighted by Crippen LogP contribution is -2.37. The molecule has 0 heterocycles. The van der Waals surface area contributed by atoms with Gasteiger partial charge in [0.2, 0.25) is 0 Å². The smallest absolute Gasteiger partial charge is 0.121 e. The summed E-state index contributed by atoms with van der Waals surface area (Å²) in [7, 11) is 1.70. The molecule has 1 aliphatic carbocycles. The summed E-state index contributed by atoms with van der Waals surface area (Å²) >= 11 is 0. The Morgan fingerprint density at radius 1 is 1.32 bits per heavy atom. The quantitative estimate of drug-likeness (QED) is 0.764. The lowest BCUT2D eigenvalue weighted by Gasteiger charge is -2.41. The van der Waals surface area contributed by atoms with Crippen molar-refractivity contribution in [3.63, 3.8) is 0 Å². The molecular formula is C17H24O2. The van der Waals surface area contributed by atoms with Gasteiger partial charge in [0.1, 0.15) is 12.0 Å².